The van der Waals surface area contributed by atoms with Gasteiger partial charge in [-0.3, -0.25) is 9.78 Å². The Morgan fingerprint density at radius 3 is 2.65 bits per heavy atom. The number of primary amides is 1. The summed E-state index contributed by atoms with van der Waals surface area (Å²) in [6, 6.07) is 10.2. The third-order valence-electron chi connectivity index (χ3n) is 3.97. The summed E-state index contributed by atoms with van der Waals surface area (Å²) >= 11 is 0. The number of rotatable bonds is 5. The Morgan fingerprint density at radius 2 is 1.96 bits per heavy atom. The van der Waals surface area contributed by atoms with E-state index >= 15 is 0 Å². The van der Waals surface area contributed by atoms with E-state index in [-0.39, 0.29) is 11.8 Å². The molecule has 1 aliphatic heterocycles. The molecule has 0 bridgehead atoms. The maximum atomic E-state index is 11.2. The molecule has 1 amide bonds. The van der Waals surface area contributed by atoms with Crippen LogP contribution in [0.25, 0.3) is 0 Å². The largest absolute Gasteiger partial charge is 0.373 e. The molecule has 1 fully saturated rings. The van der Waals surface area contributed by atoms with Gasteiger partial charge in [-0.2, -0.15) is 0 Å². The molecule has 1 saturated heterocycles. The molecule has 0 unspecified atom stereocenters. The van der Waals surface area contributed by atoms with Crippen LogP contribution >= 0.6 is 0 Å². The molecular weight excluding hydrogens is 292 g/mol. The number of hydrogen-bond acceptors (Lipinski definition) is 5. The van der Waals surface area contributed by atoms with Crippen LogP contribution < -0.4 is 10.6 Å². The number of hydrogen-bond donors (Lipinski definition) is 1. The van der Waals surface area contributed by atoms with Crippen molar-refractivity contribution in [2.75, 3.05) is 18.0 Å². The fraction of sp³-hybridized carbons (Fsp3) is 0.353. The van der Waals surface area contributed by atoms with E-state index in [0.29, 0.717) is 12.4 Å². The van der Waals surface area contributed by atoms with E-state index in [2.05, 4.69) is 27.0 Å². The molecule has 120 valence electrons. The van der Waals surface area contributed by atoms with Gasteiger partial charge in [-0.05, 0) is 18.4 Å². The summed E-state index contributed by atoms with van der Waals surface area (Å²) in [6.45, 7) is 2.30. The van der Waals surface area contributed by atoms with Crippen molar-refractivity contribution in [2.24, 2.45) is 5.73 Å². The van der Waals surface area contributed by atoms with Crippen LogP contribution in [0.4, 0.5) is 5.82 Å². The average molecular weight is 312 g/mol. The van der Waals surface area contributed by atoms with Crippen LogP contribution in [0, 0.1) is 0 Å². The molecule has 0 spiro atoms. The zero-order valence-electron chi connectivity index (χ0n) is 12.9. The average Bonchev–Trinajstić information content (AvgIpc) is 2.61. The Morgan fingerprint density at radius 1 is 1.22 bits per heavy atom. The first-order chi connectivity index (χ1) is 11.2. The van der Waals surface area contributed by atoms with Gasteiger partial charge < -0.3 is 15.4 Å². The highest BCUT2D eigenvalue weighted by atomic mass is 16.5. The zero-order chi connectivity index (χ0) is 16.1. The van der Waals surface area contributed by atoms with E-state index in [4.69, 9.17) is 10.5 Å². The number of nitrogens with two attached hydrogens (primary N) is 1. The van der Waals surface area contributed by atoms with E-state index in [1.807, 2.05) is 18.2 Å². The number of aromatic nitrogens is 2. The molecule has 2 heterocycles. The zero-order valence-corrected chi connectivity index (χ0v) is 12.9. The van der Waals surface area contributed by atoms with Crippen molar-refractivity contribution in [3.63, 3.8) is 0 Å². The SMILES string of the molecule is NC(=O)c1cncc(N2CCC(OCc3ccccc3)CC2)n1. The minimum atomic E-state index is -0.555. The van der Waals surface area contributed by atoms with E-state index in [1.165, 1.54) is 11.8 Å². The number of ether oxygens (including phenoxy) is 1. The van der Waals surface area contributed by atoms with Gasteiger partial charge in [-0.1, -0.05) is 30.3 Å². The van der Waals surface area contributed by atoms with Crippen molar-refractivity contribution in [2.45, 2.75) is 25.6 Å². The van der Waals surface area contributed by atoms with Crippen LogP contribution in [0.15, 0.2) is 42.7 Å². The fourth-order valence-corrected chi connectivity index (χ4v) is 2.67. The number of amides is 1. The Hall–Kier alpha value is -2.47. The molecule has 1 aromatic carbocycles. The predicted octanol–water partition coefficient (Wildman–Crippen LogP) is 1.76. The number of nitrogens with zero attached hydrogens (tertiary/aromatic N) is 3. The first kappa shape index (κ1) is 15.4. The minimum absolute atomic E-state index is 0.199. The van der Waals surface area contributed by atoms with E-state index in [0.717, 1.165) is 25.9 Å². The highest BCUT2D eigenvalue weighted by Crippen LogP contribution is 2.20. The lowest BCUT2D eigenvalue weighted by atomic mass is 10.1. The van der Waals surface area contributed by atoms with Crippen molar-refractivity contribution in [1.29, 1.82) is 0 Å². The third kappa shape index (κ3) is 4.04. The van der Waals surface area contributed by atoms with Crippen LogP contribution in [0.5, 0.6) is 0 Å². The second kappa shape index (κ2) is 7.19. The summed E-state index contributed by atoms with van der Waals surface area (Å²) in [4.78, 5) is 21.6. The maximum absolute atomic E-state index is 11.2. The van der Waals surface area contributed by atoms with Gasteiger partial charge >= 0.3 is 0 Å². The van der Waals surface area contributed by atoms with Gasteiger partial charge in [0.15, 0.2) is 0 Å². The topological polar surface area (TPSA) is 81.3 Å². The molecular formula is C17H20N4O2. The van der Waals surface area contributed by atoms with Crippen LogP contribution in [0.1, 0.15) is 28.9 Å². The van der Waals surface area contributed by atoms with Crippen molar-refractivity contribution >= 4 is 11.7 Å². The molecule has 2 aromatic rings. The first-order valence-corrected chi connectivity index (χ1v) is 7.74. The number of benzene rings is 1. The van der Waals surface area contributed by atoms with Gasteiger partial charge in [-0.25, -0.2) is 4.98 Å². The van der Waals surface area contributed by atoms with Crippen molar-refractivity contribution in [3.8, 4) is 0 Å². The molecule has 6 nitrogen and oxygen atoms in total. The summed E-state index contributed by atoms with van der Waals surface area (Å²) in [5, 5.41) is 0. The molecule has 0 atom stereocenters. The molecule has 3 rings (SSSR count). The molecule has 1 aromatic heterocycles. The molecule has 23 heavy (non-hydrogen) atoms. The molecule has 0 radical (unpaired) electrons. The first-order valence-electron chi connectivity index (χ1n) is 7.74. The summed E-state index contributed by atoms with van der Waals surface area (Å²) in [5.41, 5.74) is 6.64. The number of piperidine rings is 1. The summed E-state index contributed by atoms with van der Waals surface area (Å²) in [5.74, 6) is 0.142. The van der Waals surface area contributed by atoms with Gasteiger partial charge in [-0.15, -0.1) is 0 Å². The van der Waals surface area contributed by atoms with Crippen LogP contribution in [0.2, 0.25) is 0 Å². The molecule has 6 heteroatoms. The van der Waals surface area contributed by atoms with Gasteiger partial charge in [0.2, 0.25) is 0 Å². The summed E-state index contributed by atoms with van der Waals surface area (Å²) < 4.78 is 5.98. The molecule has 2 N–H and O–H groups in total. The van der Waals surface area contributed by atoms with Crippen LogP contribution in [0.3, 0.4) is 0 Å². The lowest BCUT2D eigenvalue weighted by Gasteiger charge is -2.32. The normalized spacial score (nSPS) is 15.6. The van der Waals surface area contributed by atoms with Gasteiger partial charge in [0.05, 0.1) is 25.1 Å². The van der Waals surface area contributed by atoms with Crippen LogP contribution in [-0.2, 0) is 11.3 Å². The minimum Gasteiger partial charge on any atom is -0.373 e. The second-order valence-corrected chi connectivity index (χ2v) is 5.61. The smallest absolute Gasteiger partial charge is 0.268 e. The molecule has 0 aliphatic carbocycles. The Balaban J connectivity index is 1.52. The van der Waals surface area contributed by atoms with E-state index in [1.54, 1.807) is 6.20 Å². The summed E-state index contributed by atoms with van der Waals surface area (Å²) in [6.07, 6.45) is 5.16. The monoisotopic (exact) mass is 312 g/mol. The van der Waals surface area contributed by atoms with Crippen LogP contribution in [-0.4, -0.2) is 35.1 Å². The Bertz CT molecular complexity index is 655. The number of carbonyl (C=O) groups excluding carboxylic acids is 1. The Labute approximate surface area is 135 Å². The highest BCUT2D eigenvalue weighted by Gasteiger charge is 2.21. The predicted molar refractivity (Wildman–Crippen MR) is 87.0 cm³/mol. The van der Waals surface area contributed by atoms with Gasteiger partial charge in [0.25, 0.3) is 5.91 Å². The fourth-order valence-electron chi connectivity index (χ4n) is 2.67. The lowest BCUT2D eigenvalue weighted by Crippen LogP contribution is -2.37. The van der Waals surface area contributed by atoms with E-state index in [9.17, 15) is 4.79 Å². The summed E-state index contributed by atoms with van der Waals surface area (Å²) in [7, 11) is 0. The van der Waals surface area contributed by atoms with Gasteiger partial charge in [0, 0.05) is 13.1 Å². The standard InChI is InChI=1S/C17H20N4O2/c18-17(22)15-10-19-11-16(20-15)21-8-6-14(7-9-21)23-12-13-4-2-1-3-5-13/h1-5,10-11,14H,6-9,12H2,(H2,18,22). The van der Waals surface area contributed by atoms with Crippen molar-refractivity contribution < 1.29 is 9.53 Å². The quantitative estimate of drug-likeness (QED) is 0.910. The second-order valence-electron chi connectivity index (χ2n) is 5.61. The highest BCUT2D eigenvalue weighted by molar-refractivity contribution is 5.90. The van der Waals surface area contributed by atoms with Crippen molar-refractivity contribution in [1.82, 2.24) is 9.97 Å². The van der Waals surface area contributed by atoms with E-state index < -0.39 is 5.91 Å². The number of carbonyl (C=O) groups is 1. The van der Waals surface area contributed by atoms with Crippen molar-refractivity contribution in [3.05, 3.63) is 54.0 Å². The van der Waals surface area contributed by atoms with Gasteiger partial charge in [0.1, 0.15) is 11.5 Å². The lowest BCUT2D eigenvalue weighted by molar-refractivity contribution is 0.0250. The molecule has 1 aliphatic rings. The maximum Gasteiger partial charge on any atom is 0.268 e. The third-order valence-corrected chi connectivity index (χ3v) is 3.97. The number of anilines is 1. The molecule has 0 saturated carbocycles. The Kier molecular flexibility index (Phi) is 4.83.